The van der Waals surface area contributed by atoms with Gasteiger partial charge in [-0.1, -0.05) is 49.4 Å². The number of hydrogen-bond donors (Lipinski definition) is 1. The van der Waals surface area contributed by atoms with Crippen LogP contribution in [0.1, 0.15) is 30.3 Å². The Kier molecular flexibility index (Phi) is 6.29. The summed E-state index contributed by atoms with van der Waals surface area (Å²) >= 11 is 0. The van der Waals surface area contributed by atoms with Gasteiger partial charge in [-0.15, -0.1) is 0 Å². The molecule has 2 aromatic heterocycles. The number of hydrogen-bond acceptors (Lipinski definition) is 4. The Bertz CT molecular complexity index is 1550. The first-order valence-corrected chi connectivity index (χ1v) is 12.0. The zero-order valence-electron chi connectivity index (χ0n) is 20.6. The number of para-hydroxylation sites is 1. The van der Waals surface area contributed by atoms with Crippen molar-refractivity contribution >= 4 is 17.2 Å². The second kappa shape index (κ2) is 9.70. The number of benzene rings is 3. The first-order chi connectivity index (χ1) is 17.4. The molecule has 36 heavy (non-hydrogen) atoms. The molecule has 0 radical (unpaired) electrons. The predicted octanol–water partition coefficient (Wildman–Crippen LogP) is 6.47. The lowest BCUT2D eigenvalue weighted by Gasteiger charge is -2.12. The summed E-state index contributed by atoms with van der Waals surface area (Å²) in [4.78, 5) is 20.6. The number of nitrogens with zero attached hydrogens (tertiary/aromatic N) is 4. The Labute approximate surface area is 209 Å². The Morgan fingerprint density at radius 3 is 2.53 bits per heavy atom. The number of aryl methyl sites for hydroxylation is 3. The van der Waals surface area contributed by atoms with E-state index in [1.54, 1.807) is 12.1 Å². The van der Waals surface area contributed by atoms with Gasteiger partial charge >= 0.3 is 6.16 Å². The van der Waals surface area contributed by atoms with E-state index in [4.69, 9.17) is 14.8 Å². The van der Waals surface area contributed by atoms with Crippen LogP contribution in [0, 0.1) is 6.92 Å². The van der Waals surface area contributed by atoms with E-state index in [1.165, 1.54) is 0 Å². The highest BCUT2D eigenvalue weighted by Gasteiger charge is 2.16. The van der Waals surface area contributed by atoms with Gasteiger partial charge in [-0.25, -0.2) is 14.8 Å². The summed E-state index contributed by atoms with van der Waals surface area (Å²) in [6.45, 7) is 4.96. The van der Waals surface area contributed by atoms with Gasteiger partial charge in [-0.2, -0.15) is 0 Å². The highest BCUT2D eigenvalue weighted by Crippen LogP contribution is 2.31. The van der Waals surface area contributed by atoms with Crippen molar-refractivity contribution in [3.05, 3.63) is 90.1 Å². The summed E-state index contributed by atoms with van der Waals surface area (Å²) in [7, 11) is 1.97. The maximum absolute atomic E-state index is 11.1. The minimum absolute atomic E-state index is 0.320. The topological polar surface area (TPSA) is 82.2 Å². The fourth-order valence-electron chi connectivity index (χ4n) is 4.60. The Morgan fingerprint density at radius 1 is 1.06 bits per heavy atom. The van der Waals surface area contributed by atoms with Crippen LogP contribution in [-0.4, -0.2) is 30.4 Å². The molecule has 0 bridgehead atoms. The minimum atomic E-state index is -1.32. The third-order valence-electron chi connectivity index (χ3n) is 6.29. The summed E-state index contributed by atoms with van der Waals surface area (Å²) in [5, 5.41) is 9.06. The van der Waals surface area contributed by atoms with Crippen molar-refractivity contribution in [3.8, 4) is 28.1 Å². The van der Waals surface area contributed by atoms with E-state index in [1.807, 2.05) is 48.4 Å². The van der Waals surface area contributed by atoms with Gasteiger partial charge in [0.2, 0.25) is 0 Å². The van der Waals surface area contributed by atoms with Crippen LogP contribution in [-0.2, 0) is 20.0 Å². The quantitative estimate of drug-likeness (QED) is 0.213. The molecule has 0 atom stereocenters. The molecule has 0 saturated carbocycles. The number of rotatable bonds is 7. The van der Waals surface area contributed by atoms with Gasteiger partial charge in [0.1, 0.15) is 11.6 Å². The number of aromatic nitrogens is 4. The molecule has 7 nitrogen and oxygen atoms in total. The third kappa shape index (κ3) is 4.60. The highest BCUT2D eigenvalue weighted by atomic mass is 16.7. The summed E-state index contributed by atoms with van der Waals surface area (Å²) in [6.07, 6.45) is 4.42. The molecule has 0 fully saturated rings. The number of carbonyl (C=O) groups is 1. The van der Waals surface area contributed by atoms with Crippen LogP contribution in [0.3, 0.4) is 0 Å². The van der Waals surface area contributed by atoms with Crippen LogP contribution in [0.25, 0.3) is 33.4 Å². The van der Waals surface area contributed by atoms with E-state index in [0.29, 0.717) is 12.3 Å². The second-order valence-corrected chi connectivity index (χ2v) is 9.01. The largest absolute Gasteiger partial charge is 0.511 e. The van der Waals surface area contributed by atoms with Crippen LogP contribution < -0.4 is 4.74 Å². The van der Waals surface area contributed by atoms with Crippen molar-refractivity contribution in [2.24, 2.45) is 7.05 Å². The Balaban J connectivity index is 1.52. The molecule has 182 valence electrons. The zero-order chi connectivity index (χ0) is 25.2. The van der Waals surface area contributed by atoms with Crippen molar-refractivity contribution < 1.29 is 14.6 Å². The normalized spacial score (nSPS) is 11.2. The number of carboxylic acid groups (broad SMARTS) is 1. The van der Waals surface area contributed by atoms with Gasteiger partial charge in [0.05, 0.1) is 23.1 Å². The van der Waals surface area contributed by atoms with Crippen molar-refractivity contribution in [2.75, 3.05) is 0 Å². The van der Waals surface area contributed by atoms with E-state index in [0.717, 1.165) is 63.2 Å². The lowest BCUT2D eigenvalue weighted by Crippen LogP contribution is -2.05. The van der Waals surface area contributed by atoms with E-state index in [-0.39, 0.29) is 0 Å². The smallest absolute Gasteiger partial charge is 0.449 e. The highest BCUT2D eigenvalue weighted by molar-refractivity contribution is 5.85. The SMILES string of the molecule is CCCc1nc2c(C)cc(-c3cn(C)cn3)cc2n1Cc1ccc(-c2ccccc2OC(=O)O)cc1. The fourth-order valence-corrected chi connectivity index (χ4v) is 4.60. The fraction of sp³-hybridized carbons (Fsp3) is 0.207. The summed E-state index contributed by atoms with van der Waals surface area (Å²) < 4.78 is 9.22. The van der Waals surface area contributed by atoms with Gasteiger partial charge in [0.25, 0.3) is 0 Å². The van der Waals surface area contributed by atoms with Crippen LogP contribution in [0.2, 0.25) is 0 Å². The van der Waals surface area contributed by atoms with Crippen molar-refractivity contribution in [1.29, 1.82) is 0 Å². The minimum Gasteiger partial charge on any atom is -0.449 e. The number of ether oxygens (including phenoxy) is 1. The first-order valence-electron chi connectivity index (χ1n) is 12.0. The molecule has 5 aromatic rings. The average Bonchev–Trinajstić information content (AvgIpc) is 3.44. The van der Waals surface area contributed by atoms with E-state index in [2.05, 4.69) is 47.7 Å². The predicted molar refractivity (Wildman–Crippen MR) is 140 cm³/mol. The number of imidazole rings is 2. The maximum Gasteiger partial charge on any atom is 0.511 e. The van der Waals surface area contributed by atoms with Gasteiger partial charge in [-0.05, 0) is 48.2 Å². The molecule has 5 rings (SSSR count). The lowest BCUT2D eigenvalue weighted by molar-refractivity contribution is 0.144. The molecular weight excluding hydrogens is 452 g/mol. The zero-order valence-corrected chi connectivity index (χ0v) is 20.6. The standard InChI is InChI=1S/C29H28N4O3/c1-4-7-27-31-28-19(2)14-22(24-17-32(3)18-30-24)15-25(28)33(27)16-20-10-12-21(13-11-20)23-8-5-6-9-26(23)36-29(34)35/h5-6,8-15,17-18H,4,7,16H2,1-3H3,(H,34,35). The van der Waals surface area contributed by atoms with Crippen molar-refractivity contribution in [2.45, 2.75) is 33.2 Å². The molecule has 7 heteroatoms. The molecule has 1 N–H and O–H groups in total. The molecule has 2 heterocycles. The van der Waals surface area contributed by atoms with Gasteiger partial charge in [0.15, 0.2) is 0 Å². The Morgan fingerprint density at radius 2 is 1.83 bits per heavy atom. The first kappa shape index (κ1) is 23.4. The second-order valence-electron chi connectivity index (χ2n) is 9.01. The van der Waals surface area contributed by atoms with E-state index in [9.17, 15) is 4.79 Å². The van der Waals surface area contributed by atoms with Crippen molar-refractivity contribution in [3.63, 3.8) is 0 Å². The summed E-state index contributed by atoms with van der Waals surface area (Å²) in [5.74, 6) is 1.39. The molecular formula is C29H28N4O3. The van der Waals surface area contributed by atoms with Gasteiger partial charge in [0, 0.05) is 37.3 Å². The van der Waals surface area contributed by atoms with Gasteiger partial charge in [-0.3, -0.25) is 0 Å². The van der Waals surface area contributed by atoms with Crippen molar-refractivity contribution in [1.82, 2.24) is 19.1 Å². The molecule has 0 aliphatic rings. The monoisotopic (exact) mass is 480 g/mol. The van der Waals surface area contributed by atoms with E-state index >= 15 is 0 Å². The molecule has 0 spiro atoms. The van der Waals surface area contributed by atoms with E-state index < -0.39 is 6.16 Å². The molecule has 0 saturated heterocycles. The summed E-state index contributed by atoms with van der Waals surface area (Å²) in [6, 6.07) is 19.6. The third-order valence-corrected chi connectivity index (χ3v) is 6.29. The molecule has 0 unspecified atom stereocenters. The Hall–Kier alpha value is -4.39. The van der Waals surface area contributed by atoms with Crippen LogP contribution in [0.5, 0.6) is 5.75 Å². The van der Waals surface area contributed by atoms with Crippen LogP contribution >= 0.6 is 0 Å². The maximum atomic E-state index is 11.1. The molecule has 0 amide bonds. The molecule has 0 aliphatic heterocycles. The molecule has 0 aliphatic carbocycles. The summed E-state index contributed by atoms with van der Waals surface area (Å²) in [5.41, 5.74) is 8.05. The van der Waals surface area contributed by atoms with Crippen LogP contribution in [0.15, 0.2) is 73.2 Å². The number of fused-ring (bicyclic) bond motifs is 1. The molecule has 3 aromatic carbocycles. The van der Waals surface area contributed by atoms with Gasteiger partial charge < -0.3 is 19.0 Å². The lowest BCUT2D eigenvalue weighted by atomic mass is 10.0. The average molecular weight is 481 g/mol. The van der Waals surface area contributed by atoms with Crippen LogP contribution in [0.4, 0.5) is 4.79 Å².